The highest BCUT2D eigenvalue weighted by Crippen LogP contribution is 2.32. The number of hydrazone groups is 1. The van der Waals surface area contributed by atoms with Gasteiger partial charge in [0, 0.05) is 0 Å². The van der Waals surface area contributed by atoms with Gasteiger partial charge in [-0.05, 0) is 80.1 Å². The summed E-state index contributed by atoms with van der Waals surface area (Å²) in [6.07, 6.45) is 1.80. The number of phenols is 1. The maximum atomic E-state index is 11.9. The van der Waals surface area contributed by atoms with Crippen LogP contribution in [0.25, 0.3) is 0 Å². The molecule has 6 heteroatoms. The molecule has 0 heterocycles. The van der Waals surface area contributed by atoms with Crippen LogP contribution in [0.3, 0.4) is 0 Å². The van der Waals surface area contributed by atoms with Crippen LogP contribution in [-0.4, -0.2) is 17.2 Å². The number of amides is 1. The van der Waals surface area contributed by atoms with Crippen molar-refractivity contribution in [2.45, 2.75) is 20.3 Å². The van der Waals surface area contributed by atoms with E-state index >= 15 is 0 Å². The number of halogens is 2. The minimum absolute atomic E-state index is 0.126. The number of carbonyl (C=O) groups is 1. The Balaban J connectivity index is 1.97. The van der Waals surface area contributed by atoms with E-state index in [0.717, 1.165) is 16.7 Å². The number of carbonyl (C=O) groups excluding carboxylic acids is 1. The van der Waals surface area contributed by atoms with Crippen LogP contribution in [-0.2, 0) is 11.2 Å². The van der Waals surface area contributed by atoms with E-state index in [1.807, 2.05) is 32.0 Å². The molecule has 4 nitrogen and oxygen atoms in total. The second-order valence-electron chi connectivity index (χ2n) is 5.22. The molecule has 120 valence electrons. The van der Waals surface area contributed by atoms with Crippen molar-refractivity contribution in [2.75, 3.05) is 0 Å². The third kappa shape index (κ3) is 4.91. The van der Waals surface area contributed by atoms with Crippen LogP contribution in [0.5, 0.6) is 5.75 Å². The Morgan fingerprint density at radius 1 is 1.17 bits per heavy atom. The summed E-state index contributed by atoms with van der Waals surface area (Å²) in [5.74, 6) is -0.0534. The molecule has 0 radical (unpaired) electrons. The quantitative estimate of drug-likeness (QED) is 0.553. The lowest BCUT2D eigenvalue weighted by Crippen LogP contribution is -2.19. The summed E-state index contributed by atoms with van der Waals surface area (Å²) in [6, 6.07) is 9.37. The van der Waals surface area contributed by atoms with Crippen LogP contribution in [0, 0.1) is 13.8 Å². The maximum absolute atomic E-state index is 11.9. The van der Waals surface area contributed by atoms with Gasteiger partial charge < -0.3 is 5.11 Å². The fourth-order valence-corrected chi connectivity index (χ4v) is 3.20. The Labute approximate surface area is 151 Å². The van der Waals surface area contributed by atoms with Crippen molar-refractivity contribution in [3.8, 4) is 5.75 Å². The van der Waals surface area contributed by atoms with Gasteiger partial charge in [0.15, 0.2) is 0 Å². The van der Waals surface area contributed by atoms with E-state index in [2.05, 4.69) is 42.4 Å². The van der Waals surface area contributed by atoms with Crippen molar-refractivity contribution in [3.05, 3.63) is 61.5 Å². The lowest BCUT2D eigenvalue weighted by Gasteiger charge is -2.05. The third-order valence-corrected chi connectivity index (χ3v) is 4.59. The second-order valence-corrected chi connectivity index (χ2v) is 6.93. The van der Waals surface area contributed by atoms with Crippen LogP contribution < -0.4 is 5.43 Å². The molecule has 0 saturated heterocycles. The van der Waals surface area contributed by atoms with Gasteiger partial charge in [0.1, 0.15) is 5.75 Å². The fraction of sp³-hybridized carbons (Fsp3) is 0.176. The highest BCUT2D eigenvalue weighted by molar-refractivity contribution is 9.11. The van der Waals surface area contributed by atoms with Gasteiger partial charge in [-0.15, -0.1) is 0 Å². The summed E-state index contributed by atoms with van der Waals surface area (Å²) in [7, 11) is 0. The first-order chi connectivity index (χ1) is 10.9. The first kappa shape index (κ1) is 17.7. The van der Waals surface area contributed by atoms with Crippen LogP contribution in [0.15, 0.2) is 44.4 Å². The standard InChI is InChI=1S/C17H16Br2N2O2/c1-10-3-4-12(5-11(10)2)8-16(22)21-20-9-13-6-14(18)17(23)15(19)7-13/h3-7,9,23H,8H2,1-2H3,(H,21,22)/b20-9+. The number of rotatable bonds is 4. The summed E-state index contributed by atoms with van der Waals surface area (Å²) in [4.78, 5) is 11.9. The minimum atomic E-state index is -0.179. The molecule has 1 amide bonds. The van der Waals surface area contributed by atoms with Crippen molar-refractivity contribution in [2.24, 2.45) is 5.10 Å². The van der Waals surface area contributed by atoms with E-state index in [9.17, 15) is 9.90 Å². The Morgan fingerprint density at radius 2 is 1.83 bits per heavy atom. The molecular weight excluding hydrogens is 424 g/mol. The molecule has 23 heavy (non-hydrogen) atoms. The number of phenolic OH excluding ortho intramolecular Hbond substituents is 1. The summed E-state index contributed by atoms with van der Waals surface area (Å²) < 4.78 is 1.10. The number of hydrogen-bond acceptors (Lipinski definition) is 3. The summed E-state index contributed by atoms with van der Waals surface area (Å²) in [5, 5.41) is 13.6. The van der Waals surface area contributed by atoms with Crippen molar-refractivity contribution in [1.82, 2.24) is 5.43 Å². The molecule has 2 aromatic rings. The Kier molecular flexibility index (Phi) is 5.96. The fourth-order valence-electron chi connectivity index (χ4n) is 1.98. The molecule has 0 spiro atoms. The zero-order valence-corrected chi connectivity index (χ0v) is 15.9. The zero-order valence-electron chi connectivity index (χ0n) is 12.7. The maximum Gasteiger partial charge on any atom is 0.244 e. The SMILES string of the molecule is Cc1ccc(CC(=O)N/N=C/c2cc(Br)c(O)c(Br)c2)cc1C. The van der Waals surface area contributed by atoms with Crippen LogP contribution >= 0.6 is 31.9 Å². The average Bonchev–Trinajstić information content (AvgIpc) is 2.48. The van der Waals surface area contributed by atoms with Gasteiger partial charge in [-0.1, -0.05) is 18.2 Å². The first-order valence-corrected chi connectivity index (χ1v) is 8.51. The summed E-state index contributed by atoms with van der Waals surface area (Å²) in [6.45, 7) is 4.06. The molecule has 0 aliphatic carbocycles. The molecule has 0 bridgehead atoms. The van der Waals surface area contributed by atoms with E-state index in [1.165, 1.54) is 11.8 Å². The molecule has 0 aliphatic heterocycles. The van der Waals surface area contributed by atoms with Crippen molar-refractivity contribution < 1.29 is 9.90 Å². The minimum Gasteiger partial charge on any atom is -0.506 e. The van der Waals surface area contributed by atoms with Crippen molar-refractivity contribution in [1.29, 1.82) is 0 Å². The zero-order chi connectivity index (χ0) is 17.0. The van der Waals surface area contributed by atoms with E-state index in [4.69, 9.17) is 0 Å². The van der Waals surface area contributed by atoms with E-state index < -0.39 is 0 Å². The normalized spacial score (nSPS) is 11.0. The van der Waals surface area contributed by atoms with Gasteiger partial charge in [0.05, 0.1) is 21.6 Å². The first-order valence-electron chi connectivity index (χ1n) is 6.93. The number of nitrogens with zero attached hydrogens (tertiary/aromatic N) is 1. The number of aromatic hydroxyl groups is 1. The van der Waals surface area contributed by atoms with Gasteiger partial charge in [-0.3, -0.25) is 4.79 Å². The van der Waals surface area contributed by atoms with Gasteiger partial charge in [-0.2, -0.15) is 5.10 Å². The lowest BCUT2D eigenvalue weighted by atomic mass is 10.0. The van der Waals surface area contributed by atoms with Crippen LogP contribution in [0.1, 0.15) is 22.3 Å². The third-order valence-electron chi connectivity index (χ3n) is 3.38. The van der Waals surface area contributed by atoms with E-state index in [-0.39, 0.29) is 18.1 Å². The van der Waals surface area contributed by atoms with Gasteiger partial charge >= 0.3 is 0 Å². The molecule has 2 rings (SSSR count). The number of hydrogen-bond donors (Lipinski definition) is 2. The van der Waals surface area contributed by atoms with Gasteiger partial charge in [-0.25, -0.2) is 5.43 Å². The Bertz CT molecular complexity index is 750. The molecule has 2 aromatic carbocycles. The summed E-state index contributed by atoms with van der Waals surface area (Å²) >= 11 is 6.49. The smallest absolute Gasteiger partial charge is 0.244 e. The number of aryl methyl sites for hydroxylation is 2. The molecule has 0 atom stereocenters. The number of nitrogens with one attached hydrogen (secondary N) is 1. The highest BCUT2D eigenvalue weighted by Gasteiger charge is 2.05. The largest absolute Gasteiger partial charge is 0.506 e. The topological polar surface area (TPSA) is 61.7 Å². The monoisotopic (exact) mass is 438 g/mol. The van der Waals surface area contributed by atoms with Gasteiger partial charge in [0.2, 0.25) is 5.91 Å². The van der Waals surface area contributed by atoms with E-state index in [0.29, 0.717) is 8.95 Å². The predicted octanol–water partition coefficient (Wildman–Crippen LogP) is 4.23. The Morgan fingerprint density at radius 3 is 2.43 bits per heavy atom. The number of benzene rings is 2. The van der Waals surface area contributed by atoms with Crippen LogP contribution in [0.2, 0.25) is 0 Å². The molecule has 0 fully saturated rings. The lowest BCUT2D eigenvalue weighted by molar-refractivity contribution is -0.120. The molecular formula is C17H16Br2N2O2. The highest BCUT2D eigenvalue weighted by atomic mass is 79.9. The van der Waals surface area contributed by atoms with Crippen molar-refractivity contribution in [3.63, 3.8) is 0 Å². The second kappa shape index (κ2) is 7.75. The predicted molar refractivity (Wildman–Crippen MR) is 98.9 cm³/mol. The molecule has 0 aliphatic rings. The molecule has 0 unspecified atom stereocenters. The molecule has 2 N–H and O–H groups in total. The van der Waals surface area contributed by atoms with E-state index in [1.54, 1.807) is 12.1 Å². The van der Waals surface area contributed by atoms with Crippen LogP contribution in [0.4, 0.5) is 0 Å². The summed E-state index contributed by atoms with van der Waals surface area (Å²) in [5.41, 5.74) is 6.57. The molecule has 0 aromatic heterocycles. The van der Waals surface area contributed by atoms with Gasteiger partial charge in [0.25, 0.3) is 0 Å². The Hall–Kier alpha value is -1.66. The molecule has 0 saturated carbocycles. The average molecular weight is 440 g/mol. The van der Waals surface area contributed by atoms with Crippen molar-refractivity contribution >= 4 is 44.0 Å².